The summed E-state index contributed by atoms with van der Waals surface area (Å²) in [5.74, 6) is 0.813. The van der Waals surface area contributed by atoms with Crippen molar-refractivity contribution in [2.45, 2.75) is 18.9 Å². The highest BCUT2D eigenvalue weighted by molar-refractivity contribution is 6.30. The van der Waals surface area contributed by atoms with Gasteiger partial charge in [0.05, 0.1) is 6.04 Å². The molecule has 0 saturated heterocycles. The average molecular weight is 334 g/mol. The number of para-hydroxylation sites is 1. The first-order valence-corrected chi connectivity index (χ1v) is 8.78. The highest BCUT2D eigenvalue weighted by Crippen LogP contribution is 2.47. The Morgan fingerprint density at radius 1 is 0.750 bits per heavy atom. The Bertz CT molecular complexity index is 826. The second-order valence-electron chi connectivity index (χ2n) is 6.51. The first-order chi connectivity index (χ1) is 11.7. The molecule has 2 heteroatoms. The van der Waals surface area contributed by atoms with Gasteiger partial charge >= 0.3 is 0 Å². The molecule has 1 nitrogen and oxygen atoms in total. The second-order valence-corrected chi connectivity index (χ2v) is 6.94. The Balaban J connectivity index is 1.82. The largest absolute Gasteiger partial charge is 0.378 e. The van der Waals surface area contributed by atoms with Crippen LogP contribution in [-0.4, -0.2) is 0 Å². The van der Waals surface area contributed by atoms with Gasteiger partial charge in [-0.2, -0.15) is 0 Å². The van der Waals surface area contributed by atoms with Crippen molar-refractivity contribution in [1.29, 1.82) is 0 Å². The number of anilines is 1. The van der Waals surface area contributed by atoms with Gasteiger partial charge in [-0.1, -0.05) is 79.2 Å². The van der Waals surface area contributed by atoms with E-state index in [-0.39, 0.29) is 6.04 Å². The minimum atomic E-state index is 0.266. The number of halogens is 1. The van der Waals surface area contributed by atoms with Crippen molar-refractivity contribution in [3.63, 3.8) is 0 Å². The number of fused-ring (bicyclic) bond motifs is 1. The molecule has 1 aliphatic rings. The van der Waals surface area contributed by atoms with Gasteiger partial charge in [0, 0.05) is 16.6 Å². The molecule has 3 aromatic carbocycles. The maximum Gasteiger partial charge on any atom is 0.0548 e. The van der Waals surface area contributed by atoms with Gasteiger partial charge in [0.1, 0.15) is 0 Å². The van der Waals surface area contributed by atoms with Crippen LogP contribution in [0.25, 0.3) is 0 Å². The van der Waals surface area contributed by atoms with Crippen LogP contribution in [0.4, 0.5) is 5.69 Å². The SMILES string of the molecule is C[C@@H]1[C@H](c2ccccc2)c2ccccc2N[C@@H]1c1ccc(Cl)cc1. The first kappa shape index (κ1) is 15.3. The molecule has 0 aromatic heterocycles. The molecule has 4 rings (SSSR count). The summed E-state index contributed by atoms with van der Waals surface area (Å²) in [5, 5.41) is 4.52. The fraction of sp³-hybridized carbons (Fsp3) is 0.182. The smallest absolute Gasteiger partial charge is 0.0548 e. The van der Waals surface area contributed by atoms with E-state index in [0.29, 0.717) is 11.8 Å². The molecule has 0 amide bonds. The van der Waals surface area contributed by atoms with E-state index in [4.69, 9.17) is 11.6 Å². The van der Waals surface area contributed by atoms with Crippen molar-refractivity contribution in [2.24, 2.45) is 5.92 Å². The monoisotopic (exact) mass is 333 g/mol. The van der Waals surface area contributed by atoms with Crippen LogP contribution in [0.5, 0.6) is 0 Å². The summed E-state index contributed by atoms with van der Waals surface area (Å²) >= 11 is 6.07. The normalized spacial score (nSPS) is 22.5. The van der Waals surface area contributed by atoms with E-state index < -0.39 is 0 Å². The molecule has 0 aliphatic carbocycles. The van der Waals surface area contributed by atoms with E-state index >= 15 is 0 Å². The van der Waals surface area contributed by atoms with E-state index in [2.05, 4.69) is 79.0 Å². The Labute approximate surface area is 148 Å². The maximum absolute atomic E-state index is 6.07. The number of benzene rings is 3. The van der Waals surface area contributed by atoms with Crippen LogP contribution in [0, 0.1) is 5.92 Å². The fourth-order valence-electron chi connectivity index (χ4n) is 3.87. The van der Waals surface area contributed by atoms with Gasteiger partial charge in [-0.05, 0) is 40.8 Å². The third-order valence-electron chi connectivity index (χ3n) is 5.05. The van der Waals surface area contributed by atoms with Gasteiger partial charge < -0.3 is 5.32 Å². The minimum Gasteiger partial charge on any atom is -0.378 e. The van der Waals surface area contributed by atoms with Crippen LogP contribution in [-0.2, 0) is 0 Å². The van der Waals surface area contributed by atoms with Crippen LogP contribution >= 0.6 is 11.6 Å². The van der Waals surface area contributed by atoms with Gasteiger partial charge in [-0.3, -0.25) is 0 Å². The van der Waals surface area contributed by atoms with Crippen LogP contribution in [0.1, 0.15) is 35.6 Å². The summed E-state index contributed by atoms with van der Waals surface area (Å²) in [5.41, 5.74) is 5.26. The summed E-state index contributed by atoms with van der Waals surface area (Å²) in [6.45, 7) is 2.33. The van der Waals surface area contributed by atoms with E-state index in [1.165, 1.54) is 22.4 Å². The summed E-state index contributed by atoms with van der Waals surface area (Å²) < 4.78 is 0. The van der Waals surface area contributed by atoms with Crippen molar-refractivity contribution in [2.75, 3.05) is 5.32 Å². The predicted octanol–water partition coefficient (Wildman–Crippen LogP) is 6.27. The molecule has 3 aromatic rings. The number of hydrogen-bond acceptors (Lipinski definition) is 1. The minimum absolute atomic E-state index is 0.266. The van der Waals surface area contributed by atoms with Crippen LogP contribution < -0.4 is 5.32 Å². The lowest BCUT2D eigenvalue weighted by atomic mass is 9.73. The highest BCUT2D eigenvalue weighted by Gasteiger charge is 2.35. The van der Waals surface area contributed by atoms with E-state index in [9.17, 15) is 0 Å². The van der Waals surface area contributed by atoms with Crippen molar-refractivity contribution in [3.05, 3.63) is 101 Å². The summed E-state index contributed by atoms with van der Waals surface area (Å²) in [6, 6.07) is 28.0. The number of rotatable bonds is 2. The third kappa shape index (κ3) is 2.70. The quantitative estimate of drug-likeness (QED) is 0.582. The molecule has 0 radical (unpaired) electrons. The molecule has 0 fully saturated rings. The van der Waals surface area contributed by atoms with Crippen molar-refractivity contribution >= 4 is 17.3 Å². The Hall–Kier alpha value is -2.25. The highest BCUT2D eigenvalue weighted by atomic mass is 35.5. The lowest BCUT2D eigenvalue weighted by molar-refractivity contribution is 0.428. The number of nitrogens with one attached hydrogen (secondary N) is 1. The van der Waals surface area contributed by atoms with E-state index in [0.717, 1.165) is 5.02 Å². The van der Waals surface area contributed by atoms with Crippen molar-refractivity contribution in [3.8, 4) is 0 Å². The molecule has 0 spiro atoms. The van der Waals surface area contributed by atoms with Gasteiger partial charge in [0.25, 0.3) is 0 Å². The molecular formula is C22H20ClN. The van der Waals surface area contributed by atoms with Crippen LogP contribution in [0.2, 0.25) is 5.02 Å². The van der Waals surface area contributed by atoms with Gasteiger partial charge in [-0.25, -0.2) is 0 Å². The Kier molecular flexibility index (Phi) is 4.03. The average Bonchev–Trinajstić information content (AvgIpc) is 2.63. The maximum atomic E-state index is 6.07. The van der Waals surface area contributed by atoms with Crippen LogP contribution in [0.3, 0.4) is 0 Å². The van der Waals surface area contributed by atoms with Crippen molar-refractivity contribution in [1.82, 2.24) is 0 Å². The fourth-order valence-corrected chi connectivity index (χ4v) is 4.00. The lowest BCUT2D eigenvalue weighted by Crippen LogP contribution is -2.30. The topological polar surface area (TPSA) is 12.0 Å². The Morgan fingerprint density at radius 3 is 2.17 bits per heavy atom. The second kappa shape index (κ2) is 6.33. The molecule has 1 N–H and O–H groups in total. The summed E-state index contributed by atoms with van der Waals surface area (Å²) in [4.78, 5) is 0. The van der Waals surface area contributed by atoms with Gasteiger partial charge in [0.2, 0.25) is 0 Å². The zero-order valence-electron chi connectivity index (χ0n) is 13.6. The van der Waals surface area contributed by atoms with E-state index in [1.54, 1.807) is 0 Å². The lowest BCUT2D eigenvalue weighted by Gasteiger charge is -2.39. The predicted molar refractivity (Wildman–Crippen MR) is 102 cm³/mol. The zero-order chi connectivity index (χ0) is 16.5. The van der Waals surface area contributed by atoms with E-state index in [1.807, 2.05) is 12.1 Å². The Morgan fingerprint density at radius 2 is 1.42 bits per heavy atom. The molecule has 1 heterocycles. The standard InChI is InChI=1S/C22H20ClN/c1-15-21(16-7-3-2-4-8-16)19-9-5-6-10-20(19)24-22(15)17-11-13-18(23)14-12-17/h2-15,21-22,24H,1H3/t15-,21-,22+/m1/s1. The van der Waals surface area contributed by atoms with Crippen molar-refractivity contribution < 1.29 is 0 Å². The molecule has 1 aliphatic heterocycles. The van der Waals surface area contributed by atoms with Gasteiger partial charge in [-0.15, -0.1) is 0 Å². The number of hydrogen-bond donors (Lipinski definition) is 1. The third-order valence-corrected chi connectivity index (χ3v) is 5.30. The molecule has 0 bridgehead atoms. The zero-order valence-corrected chi connectivity index (χ0v) is 14.4. The molecule has 24 heavy (non-hydrogen) atoms. The molecule has 3 atom stereocenters. The summed E-state index contributed by atoms with van der Waals surface area (Å²) in [6.07, 6.45) is 0. The first-order valence-electron chi connectivity index (χ1n) is 8.40. The molecule has 0 saturated carbocycles. The summed E-state index contributed by atoms with van der Waals surface area (Å²) in [7, 11) is 0. The molecule has 120 valence electrons. The molecule has 0 unspecified atom stereocenters. The molecular weight excluding hydrogens is 314 g/mol. The van der Waals surface area contributed by atoms with Crippen LogP contribution in [0.15, 0.2) is 78.9 Å². The van der Waals surface area contributed by atoms with Gasteiger partial charge in [0.15, 0.2) is 0 Å².